The van der Waals surface area contributed by atoms with E-state index in [-0.39, 0.29) is 10.8 Å². The molecule has 1 saturated carbocycles. The minimum absolute atomic E-state index is 0.127. The van der Waals surface area contributed by atoms with Crippen LogP contribution >= 0.6 is 0 Å². The molecule has 1 aliphatic carbocycles. The van der Waals surface area contributed by atoms with Crippen LogP contribution in [0.5, 0.6) is 0 Å². The highest BCUT2D eigenvalue weighted by Crippen LogP contribution is 2.21. The Labute approximate surface area is 150 Å². The van der Waals surface area contributed by atoms with E-state index in [9.17, 15) is 13.2 Å². The summed E-state index contributed by atoms with van der Waals surface area (Å²) in [6, 6.07) is 6.11. The van der Waals surface area contributed by atoms with E-state index < -0.39 is 10.0 Å². The largest absolute Gasteiger partial charge is 0.271 e. The first-order valence-electron chi connectivity index (χ1n) is 8.87. The van der Waals surface area contributed by atoms with Crippen molar-refractivity contribution in [2.75, 3.05) is 13.1 Å². The predicted molar refractivity (Wildman–Crippen MR) is 99.1 cm³/mol. The summed E-state index contributed by atoms with van der Waals surface area (Å²) in [5.41, 5.74) is 3.87. The molecule has 0 radical (unpaired) electrons. The van der Waals surface area contributed by atoms with Crippen LogP contribution in [0.3, 0.4) is 0 Å². The molecular weight excluding hydrogens is 338 g/mol. The number of nitrogens with one attached hydrogen (secondary N) is 1. The zero-order valence-corrected chi connectivity index (χ0v) is 16.0. The van der Waals surface area contributed by atoms with E-state index >= 15 is 0 Å². The van der Waals surface area contributed by atoms with Gasteiger partial charge in [0.2, 0.25) is 10.0 Å². The molecule has 0 spiro atoms. The zero-order chi connectivity index (χ0) is 18.4. The first-order valence-corrected chi connectivity index (χ1v) is 10.3. The summed E-state index contributed by atoms with van der Waals surface area (Å²) in [5, 5.41) is 4.26. The quantitative estimate of drug-likeness (QED) is 0.787. The second kappa shape index (κ2) is 8.58. The highest BCUT2D eigenvalue weighted by Gasteiger charge is 2.22. The number of rotatable bonds is 6. The van der Waals surface area contributed by atoms with Crippen LogP contribution in [0.25, 0.3) is 0 Å². The highest BCUT2D eigenvalue weighted by molar-refractivity contribution is 7.89. The number of sulfonamides is 1. The summed E-state index contributed by atoms with van der Waals surface area (Å²) in [7, 11) is -3.58. The molecule has 6 nitrogen and oxygen atoms in total. The number of benzene rings is 1. The van der Waals surface area contributed by atoms with Gasteiger partial charge in [-0.3, -0.25) is 4.79 Å². The maximum Gasteiger partial charge on any atom is 0.271 e. The number of nitrogens with zero attached hydrogens (tertiary/aromatic N) is 2. The van der Waals surface area contributed by atoms with Crippen LogP contribution in [-0.2, 0) is 10.0 Å². The maximum atomic E-state index is 12.6. The minimum Gasteiger partial charge on any atom is -0.267 e. The third-order valence-corrected chi connectivity index (χ3v) is 6.68. The third-order valence-electron chi connectivity index (χ3n) is 4.63. The molecule has 1 amide bonds. The molecule has 1 unspecified atom stereocenters. The summed E-state index contributed by atoms with van der Waals surface area (Å²) in [6.07, 6.45) is 4.28. The van der Waals surface area contributed by atoms with Crippen molar-refractivity contribution in [3.63, 3.8) is 0 Å². The second-order valence-electron chi connectivity index (χ2n) is 6.31. The van der Waals surface area contributed by atoms with Gasteiger partial charge >= 0.3 is 0 Å². The minimum atomic E-state index is -3.58. The average Bonchev–Trinajstić information content (AvgIpc) is 2.61. The van der Waals surface area contributed by atoms with Crippen LogP contribution in [0.4, 0.5) is 0 Å². The van der Waals surface area contributed by atoms with E-state index in [1.165, 1.54) is 22.9 Å². The van der Waals surface area contributed by atoms with E-state index in [1.807, 2.05) is 0 Å². The van der Waals surface area contributed by atoms with Gasteiger partial charge in [-0.1, -0.05) is 33.3 Å². The van der Waals surface area contributed by atoms with Gasteiger partial charge < -0.3 is 0 Å². The number of carbonyl (C=O) groups is 1. The van der Waals surface area contributed by atoms with Gasteiger partial charge in [-0.05, 0) is 43.4 Å². The van der Waals surface area contributed by atoms with E-state index in [0.717, 1.165) is 25.0 Å². The molecule has 1 aromatic rings. The lowest BCUT2D eigenvalue weighted by molar-refractivity contribution is 0.0954. The van der Waals surface area contributed by atoms with Crippen LogP contribution < -0.4 is 5.43 Å². The van der Waals surface area contributed by atoms with Crippen molar-refractivity contribution in [3.8, 4) is 0 Å². The fraction of sp³-hybridized carbons (Fsp3) is 0.556. The van der Waals surface area contributed by atoms with Gasteiger partial charge in [-0.25, -0.2) is 13.8 Å². The van der Waals surface area contributed by atoms with E-state index in [4.69, 9.17) is 0 Å². The summed E-state index contributed by atoms with van der Waals surface area (Å²) in [6.45, 7) is 6.47. The summed E-state index contributed by atoms with van der Waals surface area (Å²) in [5.74, 6) is -0.00898. The molecule has 0 saturated heterocycles. The lowest BCUT2D eigenvalue weighted by atomic mass is 9.89. The van der Waals surface area contributed by atoms with Gasteiger partial charge in [0, 0.05) is 24.4 Å². The summed E-state index contributed by atoms with van der Waals surface area (Å²) >= 11 is 0. The van der Waals surface area contributed by atoms with Crippen LogP contribution in [0.15, 0.2) is 34.3 Å². The van der Waals surface area contributed by atoms with Crippen molar-refractivity contribution in [2.45, 2.75) is 51.3 Å². The maximum absolute atomic E-state index is 12.6. The van der Waals surface area contributed by atoms with Gasteiger partial charge in [0.05, 0.1) is 4.90 Å². The molecule has 138 valence electrons. The van der Waals surface area contributed by atoms with E-state index in [0.29, 0.717) is 24.6 Å². The Balaban J connectivity index is 2.18. The Hall–Kier alpha value is -1.73. The van der Waals surface area contributed by atoms with Crippen LogP contribution in [0.1, 0.15) is 56.8 Å². The van der Waals surface area contributed by atoms with E-state index in [2.05, 4.69) is 17.5 Å². The first kappa shape index (κ1) is 19.6. The van der Waals surface area contributed by atoms with Crippen LogP contribution in [0.2, 0.25) is 0 Å². The molecule has 7 heteroatoms. The van der Waals surface area contributed by atoms with Crippen molar-refractivity contribution in [2.24, 2.45) is 11.0 Å². The smallest absolute Gasteiger partial charge is 0.267 e. The predicted octanol–water partition coefficient (Wildman–Crippen LogP) is 3.01. The van der Waals surface area contributed by atoms with Gasteiger partial charge in [-0.2, -0.15) is 9.41 Å². The van der Waals surface area contributed by atoms with Crippen LogP contribution in [0, 0.1) is 5.92 Å². The summed E-state index contributed by atoms with van der Waals surface area (Å²) in [4.78, 5) is 12.5. The Bertz CT molecular complexity index is 740. The topological polar surface area (TPSA) is 78.8 Å². The molecule has 0 bridgehead atoms. The monoisotopic (exact) mass is 365 g/mol. The first-order chi connectivity index (χ1) is 11.9. The normalized spacial score (nSPS) is 20.0. The molecular formula is C18H27N3O3S. The molecule has 0 heterocycles. The Morgan fingerprint density at radius 3 is 2.64 bits per heavy atom. The second-order valence-corrected chi connectivity index (χ2v) is 8.25. The molecule has 1 N–H and O–H groups in total. The van der Waals surface area contributed by atoms with E-state index in [1.54, 1.807) is 26.0 Å². The van der Waals surface area contributed by atoms with Crippen molar-refractivity contribution < 1.29 is 13.2 Å². The van der Waals surface area contributed by atoms with Gasteiger partial charge in [0.1, 0.15) is 0 Å². The van der Waals surface area contributed by atoms with Crippen LogP contribution in [-0.4, -0.2) is 37.4 Å². The van der Waals surface area contributed by atoms with Gasteiger partial charge in [0.15, 0.2) is 0 Å². The summed E-state index contributed by atoms with van der Waals surface area (Å²) < 4.78 is 26.5. The standard InChI is InChI=1S/C18H27N3O3S/c1-4-21(5-2)25(23,24)16-11-8-10-15(13-16)18(22)20-19-17-12-7-6-9-14(17)3/h8,10-11,13-14H,4-7,9,12H2,1-3H3,(H,20,22)/b19-17-. The van der Waals surface area contributed by atoms with Crippen molar-refractivity contribution >= 4 is 21.6 Å². The number of amides is 1. The molecule has 0 aromatic heterocycles. The zero-order valence-electron chi connectivity index (χ0n) is 15.2. The number of carbonyl (C=O) groups excluding carboxylic acids is 1. The number of hydrazone groups is 1. The van der Waals surface area contributed by atoms with Gasteiger partial charge in [0.25, 0.3) is 5.91 Å². The SMILES string of the molecule is CCN(CC)S(=O)(=O)c1cccc(C(=O)N/N=C2/CCCCC2C)c1. The third kappa shape index (κ3) is 4.67. The van der Waals surface area contributed by atoms with Gasteiger partial charge in [-0.15, -0.1) is 0 Å². The Kier molecular flexibility index (Phi) is 6.72. The molecule has 25 heavy (non-hydrogen) atoms. The average molecular weight is 365 g/mol. The number of hydrogen-bond acceptors (Lipinski definition) is 4. The lowest BCUT2D eigenvalue weighted by Crippen LogP contribution is -2.31. The number of hydrogen-bond donors (Lipinski definition) is 1. The fourth-order valence-electron chi connectivity index (χ4n) is 3.03. The van der Waals surface area contributed by atoms with Crippen molar-refractivity contribution in [3.05, 3.63) is 29.8 Å². The Morgan fingerprint density at radius 1 is 1.28 bits per heavy atom. The highest BCUT2D eigenvalue weighted by atomic mass is 32.2. The fourth-order valence-corrected chi connectivity index (χ4v) is 4.54. The van der Waals surface area contributed by atoms with Crippen molar-refractivity contribution in [1.82, 2.24) is 9.73 Å². The Morgan fingerprint density at radius 2 is 2.00 bits per heavy atom. The molecule has 0 aliphatic heterocycles. The molecule has 2 rings (SSSR count). The lowest BCUT2D eigenvalue weighted by Gasteiger charge is -2.20. The molecule has 1 aromatic carbocycles. The molecule has 1 atom stereocenters. The molecule has 1 aliphatic rings. The van der Waals surface area contributed by atoms with Crippen molar-refractivity contribution in [1.29, 1.82) is 0 Å². The molecule has 1 fully saturated rings.